The molecule has 0 saturated heterocycles. The molecule has 1 rings (SSSR count). The van der Waals surface area contributed by atoms with E-state index in [1.165, 1.54) is 0 Å². The zero-order chi connectivity index (χ0) is 13.5. The van der Waals surface area contributed by atoms with Crippen molar-refractivity contribution >= 4 is 7.25 Å². The molecule has 0 radical (unpaired) electrons. The maximum atomic E-state index is 9.75. The van der Waals surface area contributed by atoms with Gasteiger partial charge >= 0.3 is 7.25 Å². The third-order valence-electron chi connectivity index (χ3n) is 1.84. The fourth-order valence-electron chi connectivity index (χ4n) is 1.13. The SMILES string of the molecule is C=CCn1ccnc1C(N)CC.F[B-](F)(F)F. The lowest BCUT2D eigenvalue weighted by atomic mass is 10.2. The summed E-state index contributed by atoms with van der Waals surface area (Å²) in [6.07, 6.45) is 6.45. The van der Waals surface area contributed by atoms with Crippen LogP contribution in [0.15, 0.2) is 25.0 Å². The Kier molecular flexibility index (Phi) is 6.56. The molecule has 0 bridgehead atoms. The Morgan fingerprint density at radius 2 is 2.06 bits per heavy atom. The van der Waals surface area contributed by atoms with Gasteiger partial charge in [-0.3, -0.25) is 0 Å². The maximum absolute atomic E-state index is 9.75. The van der Waals surface area contributed by atoms with Crippen LogP contribution in [-0.4, -0.2) is 16.8 Å². The van der Waals surface area contributed by atoms with Crippen LogP contribution in [-0.2, 0) is 6.54 Å². The van der Waals surface area contributed by atoms with Crippen molar-refractivity contribution in [2.75, 3.05) is 0 Å². The van der Waals surface area contributed by atoms with Gasteiger partial charge in [0, 0.05) is 18.9 Å². The van der Waals surface area contributed by atoms with Crippen LogP contribution >= 0.6 is 0 Å². The van der Waals surface area contributed by atoms with Crippen LogP contribution in [0.1, 0.15) is 25.2 Å². The Morgan fingerprint density at radius 1 is 1.53 bits per heavy atom. The van der Waals surface area contributed by atoms with E-state index >= 15 is 0 Å². The highest BCUT2D eigenvalue weighted by molar-refractivity contribution is 6.50. The largest absolute Gasteiger partial charge is 0.673 e. The first-order chi connectivity index (χ1) is 7.79. The number of hydrogen-bond donors (Lipinski definition) is 1. The highest BCUT2D eigenvalue weighted by Gasteiger charge is 2.20. The van der Waals surface area contributed by atoms with Crippen molar-refractivity contribution in [2.45, 2.75) is 25.9 Å². The first kappa shape index (κ1) is 15.7. The zero-order valence-corrected chi connectivity index (χ0v) is 9.49. The minimum Gasteiger partial charge on any atom is -0.418 e. The van der Waals surface area contributed by atoms with E-state index in [4.69, 9.17) is 5.73 Å². The number of hydrogen-bond acceptors (Lipinski definition) is 2. The Labute approximate surface area is 97.4 Å². The van der Waals surface area contributed by atoms with Crippen molar-refractivity contribution in [3.05, 3.63) is 30.9 Å². The molecule has 8 heteroatoms. The summed E-state index contributed by atoms with van der Waals surface area (Å²) in [4.78, 5) is 4.20. The van der Waals surface area contributed by atoms with Gasteiger partial charge < -0.3 is 27.6 Å². The second-order valence-corrected chi connectivity index (χ2v) is 3.24. The van der Waals surface area contributed by atoms with Gasteiger partial charge in [-0.1, -0.05) is 13.0 Å². The van der Waals surface area contributed by atoms with E-state index in [0.29, 0.717) is 0 Å². The fraction of sp³-hybridized carbons (Fsp3) is 0.444. The molecule has 2 N–H and O–H groups in total. The van der Waals surface area contributed by atoms with E-state index in [1.54, 1.807) is 6.20 Å². The third-order valence-corrected chi connectivity index (χ3v) is 1.84. The van der Waals surface area contributed by atoms with Gasteiger partial charge in [0.1, 0.15) is 5.82 Å². The van der Waals surface area contributed by atoms with Crippen molar-refractivity contribution in [3.8, 4) is 0 Å². The van der Waals surface area contributed by atoms with E-state index in [9.17, 15) is 17.3 Å². The third kappa shape index (κ3) is 7.56. The van der Waals surface area contributed by atoms with E-state index in [-0.39, 0.29) is 6.04 Å². The number of nitrogens with two attached hydrogens (primary N) is 1. The minimum absolute atomic E-state index is 0.0416. The Balaban J connectivity index is 0.000000437. The molecule has 98 valence electrons. The average molecular weight is 252 g/mol. The molecule has 0 aromatic carbocycles. The lowest BCUT2D eigenvalue weighted by Crippen LogP contribution is -2.15. The summed E-state index contributed by atoms with van der Waals surface area (Å²) in [6, 6.07) is 0.0416. The monoisotopic (exact) mass is 252 g/mol. The molecule has 0 aliphatic carbocycles. The standard InChI is InChI=1S/C9H15N3.BF4/c1-3-6-12-7-5-11-9(12)8(10)4-2;2-1(3,4)5/h3,5,7-8H,1,4,6,10H2,2H3;/q;-1. The summed E-state index contributed by atoms with van der Waals surface area (Å²) >= 11 is 0. The fourth-order valence-corrected chi connectivity index (χ4v) is 1.13. The van der Waals surface area contributed by atoms with Crippen molar-refractivity contribution in [2.24, 2.45) is 5.73 Å². The van der Waals surface area contributed by atoms with Crippen LogP contribution in [0.4, 0.5) is 17.3 Å². The Hall–Kier alpha value is -1.31. The van der Waals surface area contributed by atoms with E-state index in [1.807, 2.05) is 16.8 Å². The van der Waals surface area contributed by atoms with Crippen LogP contribution in [0.3, 0.4) is 0 Å². The van der Waals surface area contributed by atoms with Crippen LogP contribution in [0, 0.1) is 0 Å². The van der Waals surface area contributed by atoms with Crippen LogP contribution < -0.4 is 5.73 Å². The molecule has 1 heterocycles. The highest BCUT2D eigenvalue weighted by Crippen LogP contribution is 2.10. The number of allylic oxidation sites excluding steroid dienone is 1. The molecular formula is C9H15BF4N3-. The second-order valence-electron chi connectivity index (χ2n) is 3.24. The van der Waals surface area contributed by atoms with Crippen LogP contribution in [0.5, 0.6) is 0 Å². The lowest BCUT2D eigenvalue weighted by molar-refractivity contribution is 0.368. The van der Waals surface area contributed by atoms with Gasteiger partial charge in [-0.2, -0.15) is 0 Å². The summed E-state index contributed by atoms with van der Waals surface area (Å²) in [5, 5.41) is 0. The molecular weight excluding hydrogens is 237 g/mol. The van der Waals surface area contributed by atoms with Gasteiger partial charge in [0.25, 0.3) is 0 Å². The van der Waals surface area contributed by atoms with Crippen LogP contribution in [0.2, 0.25) is 0 Å². The first-order valence-electron chi connectivity index (χ1n) is 5.04. The molecule has 0 saturated carbocycles. The van der Waals surface area contributed by atoms with Crippen molar-refractivity contribution in [1.82, 2.24) is 9.55 Å². The van der Waals surface area contributed by atoms with E-state index in [2.05, 4.69) is 18.5 Å². The number of aromatic nitrogens is 2. The smallest absolute Gasteiger partial charge is 0.418 e. The predicted molar refractivity (Wildman–Crippen MR) is 59.8 cm³/mol. The summed E-state index contributed by atoms with van der Waals surface area (Å²) < 4.78 is 41.0. The quantitative estimate of drug-likeness (QED) is 0.508. The first-order valence-corrected chi connectivity index (χ1v) is 5.04. The summed E-state index contributed by atoms with van der Waals surface area (Å²) in [6.45, 7) is 6.51. The molecule has 0 fully saturated rings. The number of imidazole rings is 1. The maximum Gasteiger partial charge on any atom is 0.673 e. The van der Waals surface area contributed by atoms with Gasteiger partial charge in [0.05, 0.1) is 6.04 Å². The van der Waals surface area contributed by atoms with Crippen molar-refractivity contribution in [3.63, 3.8) is 0 Å². The van der Waals surface area contributed by atoms with Gasteiger partial charge in [-0.05, 0) is 6.42 Å². The molecule has 3 nitrogen and oxygen atoms in total. The molecule has 1 unspecified atom stereocenters. The highest BCUT2D eigenvalue weighted by atomic mass is 19.5. The van der Waals surface area contributed by atoms with Gasteiger partial charge in [0.15, 0.2) is 0 Å². The van der Waals surface area contributed by atoms with Crippen LogP contribution in [0.25, 0.3) is 0 Å². The average Bonchev–Trinajstić information content (AvgIpc) is 2.63. The lowest BCUT2D eigenvalue weighted by Gasteiger charge is -2.09. The van der Waals surface area contributed by atoms with Crippen molar-refractivity contribution < 1.29 is 17.3 Å². The zero-order valence-electron chi connectivity index (χ0n) is 9.49. The molecule has 1 atom stereocenters. The Bertz CT molecular complexity index is 331. The van der Waals surface area contributed by atoms with Gasteiger partial charge in [-0.25, -0.2) is 4.98 Å². The number of nitrogens with zero attached hydrogens (tertiary/aromatic N) is 2. The molecule has 17 heavy (non-hydrogen) atoms. The minimum atomic E-state index is -6.00. The normalized spacial score (nSPS) is 12.6. The van der Waals surface area contributed by atoms with E-state index < -0.39 is 7.25 Å². The number of halogens is 4. The molecule has 1 aromatic heterocycles. The molecule has 0 amide bonds. The molecule has 1 aromatic rings. The van der Waals surface area contributed by atoms with Crippen molar-refractivity contribution in [1.29, 1.82) is 0 Å². The summed E-state index contributed by atoms with van der Waals surface area (Å²) in [5.74, 6) is 0.942. The van der Waals surface area contributed by atoms with Gasteiger partial charge in [-0.15, -0.1) is 6.58 Å². The summed E-state index contributed by atoms with van der Waals surface area (Å²) in [5.41, 5.74) is 5.85. The summed E-state index contributed by atoms with van der Waals surface area (Å²) in [7, 11) is -6.00. The molecule has 0 aliphatic heterocycles. The second kappa shape index (κ2) is 7.11. The predicted octanol–water partition coefficient (Wildman–Crippen LogP) is 2.78. The topological polar surface area (TPSA) is 43.8 Å². The Morgan fingerprint density at radius 3 is 2.47 bits per heavy atom. The number of rotatable bonds is 4. The molecule has 0 spiro atoms. The molecule has 0 aliphatic rings. The van der Waals surface area contributed by atoms with E-state index in [0.717, 1.165) is 18.8 Å². The van der Waals surface area contributed by atoms with Gasteiger partial charge in [0.2, 0.25) is 0 Å².